The molecule has 0 saturated carbocycles. The Labute approximate surface area is 135 Å². The van der Waals surface area contributed by atoms with Crippen LogP contribution < -0.4 is 5.32 Å². The molecule has 118 valence electrons. The Morgan fingerprint density at radius 2 is 1.78 bits per heavy atom. The summed E-state index contributed by atoms with van der Waals surface area (Å²) in [5, 5.41) is 2.97. The van der Waals surface area contributed by atoms with Gasteiger partial charge in [-0.25, -0.2) is 4.79 Å². The van der Waals surface area contributed by atoms with Crippen molar-refractivity contribution in [3.63, 3.8) is 0 Å². The van der Waals surface area contributed by atoms with Crippen LogP contribution in [0.1, 0.15) is 40.4 Å². The Hall–Kier alpha value is -2.62. The number of rotatable bonds is 4. The van der Waals surface area contributed by atoms with Crippen LogP contribution in [0.4, 0.5) is 0 Å². The fraction of sp³-hybridized carbons (Fsp3) is 0.263. The molecule has 1 amide bonds. The number of fused-ring (bicyclic) bond motifs is 1. The average Bonchev–Trinajstić information content (AvgIpc) is 2.61. The highest BCUT2D eigenvalue weighted by molar-refractivity contribution is 5.91. The molecule has 2 aromatic rings. The van der Waals surface area contributed by atoms with Crippen LogP contribution in [0.3, 0.4) is 0 Å². The van der Waals surface area contributed by atoms with Gasteiger partial charge in [0.2, 0.25) is 0 Å². The van der Waals surface area contributed by atoms with Gasteiger partial charge in [0.1, 0.15) is 0 Å². The zero-order valence-electron chi connectivity index (χ0n) is 12.8. The van der Waals surface area contributed by atoms with Crippen LogP contribution in [0.15, 0.2) is 54.6 Å². The van der Waals surface area contributed by atoms with Crippen LogP contribution in [-0.2, 0) is 16.0 Å². The Morgan fingerprint density at radius 3 is 2.61 bits per heavy atom. The average molecular weight is 309 g/mol. The number of nitrogens with one attached hydrogen (secondary N) is 1. The second-order valence-electron chi connectivity index (χ2n) is 5.65. The molecule has 0 bridgehead atoms. The van der Waals surface area contributed by atoms with E-state index >= 15 is 0 Å². The van der Waals surface area contributed by atoms with E-state index in [9.17, 15) is 9.59 Å². The van der Waals surface area contributed by atoms with Gasteiger partial charge in [0.25, 0.3) is 5.91 Å². The summed E-state index contributed by atoms with van der Waals surface area (Å²) in [7, 11) is 0. The Bertz CT molecular complexity index is 697. The minimum atomic E-state index is -0.482. The molecule has 23 heavy (non-hydrogen) atoms. The first-order valence-electron chi connectivity index (χ1n) is 7.83. The molecule has 4 nitrogen and oxygen atoms in total. The van der Waals surface area contributed by atoms with Crippen molar-refractivity contribution in [2.24, 2.45) is 0 Å². The van der Waals surface area contributed by atoms with E-state index in [1.54, 1.807) is 24.3 Å². The van der Waals surface area contributed by atoms with E-state index < -0.39 is 5.97 Å². The predicted octanol–water partition coefficient (Wildman–Crippen LogP) is 3.04. The van der Waals surface area contributed by atoms with E-state index in [1.165, 1.54) is 11.1 Å². The fourth-order valence-electron chi connectivity index (χ4n) is 2.93. The molecule has 0 aliphatic heterocycles. The lowest BCUT2D eigenvalue weighted by Crippen LogP contribution is -2.34. The number of hydrogen-bond donors (Lipinski definition) is 1. The van der Waals surface area contributed by atoms with Gasteiger partial charge < -0.3 is 10.1 Å². The van der Waals surface area contributed by atoms with Gasteiger partial charge in [0.05, 0.1) is 11.6 Å². The standard InChI is InChI=1S/C19H19NO3/c21-18(13-23-19(22)15-8-2-1-3-9-15)20-17-12-6-10-14-7-4-5-11-16(14)17/h1-5,7-9,11,17H,6,10,12-13H2,(H,20,21)/t17-/m1/s1. The smallest absolute Gasteiger partial charge is 0.338 e. The van der Waals surface area contributed by atoms with Crippen LogP contribution in [-0.4, -0.2) is 18.5 Å². The van der Waals surface area contributed by atoms with Crippen molar-refractivity contribution in [1.82, 2.24) is 5.32 Å². The molecule has 0 saturated heterocycles. The zero-order valence-corrected chi connectivity index (χ0v) is 12.8. The Kier molecular flexibility index (Phi) is 4.71. The maximum Gasteiger partial charge on any atom is 0.338 e. The largest absolute Gasteiger partial charge is 0.452 e. The highest BCUT2D eigenvalue weighted by Gasteiger charge is 2.21. The van der Waals surface area contributed by atoms with Gasteiger partial charge in [-0.1, -0.05) is 42.5 Å². The Morgan fingerprint density at radius 1 is 1.04 bits per heavy atom. The number of benzene rings is 2. The lowest BCUT2D eigenvalue weighted by molar-refractivity contribution is -0.125. The number of carbonyl (C=O) groups is 2. The van der Waals surface area contributed by atoms with Crippen molar-refractivity contribution in [3.8, 4) is 0 Å². The Balaban J connectivity index is 1.55. The van der Waals surface area contributed by atoms with E-state index in [0.29, 0.717) is 5.56 Å². The van der Waals surface area contributed by atoms with E-state index in [-0.39, 0.29) is 18.6 Å². The van der Waals surface area contributed by atoms with Gasteiger partial charge in [0, 0.05) is 0 Å². The summed E-state index contributed by atoms with van der Waals surface area (Å²) in [6.07, 6.45) is 3.01. The topological polar surface area (TPSA) is 55.4 Å². The quantitative estimate of drug-likeness (QED) is 0.883. The van der Waals surface area contributed by atoms with Crippen molar-refractivity contribution in [3.05, 3.63) is 71.3 Å². The van der Waals surface area contributed by atoms with Gasteiger partial charge >= 0.3 is 5.97 Å². The summed E-state index contributed by atoms with van der Waals surface area (Å²) in [6, 6.07) is 16.8. The second-order valence-corrected chi connectivity index (χ2v) is 5.65. The van der Waals surface area contributed by atoms with Crippen molar-refractivity contribution in [2.45, 2.75) is 25.3 Å². The molecule has 4 heteroatoms. The number of carbonyl (C=O) groups excluding carboxylic acids is 2. The second kappa shape index (κ2) is 7.09. The molecule has 1 aliphatic rings. The molecule has 0 spiro atoms. The minimum absolute atomic E-state index is 0.00266. The maximum atomic E-state index is 12.1. The molecule has 0 unspecified atom stereocenters. The summed E-state index contributed by atoms with van der Waals surface area (Å²) in [5.41, 5.74) is 2.90. The van der Waals surface area contributed by atoms with Crippen LogP contribution in [0.5, 0.6) is 0 Å². The first-order valence-corrected chi connectivity index (χ1v) is 7.83. The summed E-state index contributed by atoms with van der Waals surface area (Å²) in [4.78, 5) is 23.9. The number of amides is 1. The van der Waals surface area contributed by atoms with Crippen molar-refractivity contribution >= 4 is 11.9 Å². The normalized spacial score (nSPS) is 16.3. The number of esters is 1. The van der Waals surface area contributed by atoms with Gasteiger partial charge in [-0.2, -0.15) is 0 Å². The summed E-state index contributed by atoms with van der Waals surface area (Å²) in [6.45, 7) is -0.258. The minimum Gasteiger partial charge on any atom is -0.452 e. The molecule has 0 aromatic heterocycles. The highest BCUT2D eigenvalue weighted by atomic mass is 16.5. The van der Waals surface area contributed by atoms with E-state index in [0.717, 1.165) is 19.3 Å². The van der Waals surface area contributed by atoms with Crippen molar-refractivity contribution in [2.75, 3.05) is 6.61 Å². The molecule has 2 aromatic carbocycles. The molecule has 0 radical (unpaired) electrons. The highest BCUT2D eigenvalue weighted by Crippen LogP contribution is 2.29. The summed E-state index contributed by atoms with van der Waals surface area (Å²) >= 11 is 0. The van der Waals surface area contributed by atoms with E-state index in [4.69, 9.17) is 4.74 Å². The third-order valence-electron chi connectivity index (χ3n) is 4.05. The molecule has 3 rings (SSSR count). The molecular weight excluding hydrogens is 290 g/mol. The summed E-state index contributed by atoms with van der Waals surface area (Å²) in [5.74, 6) is -0.749. The lowest BCUT2D eigenvalue weighted by atomic mass is 9.88. The van der Waals surface area contributed by atoms with Crippen LogP contribution in [0.25, 0.3) is 0 Å². The molecule has 0 heterocycles. The van der Waals surface area contributed by atoms with Gasteiger partial charge in [-0.15, -0.1) is 0 Å². The zero-order chi connectivity index (χ0) is 16.1. The van der Waals surface area contributed by atoms with E-state index in [1.807, 2.05) is 18.2 Å². The van der Waals surface area contributed by atoms with Crippen molar-refractivity contribution in [1.29, 1.82) is 0 Å². The molecule has 1 atom stereocenters. The SMILES string of the molecule is O=C(COC(=O)c1ccccc1)N[C@@H]1CCCc2ccccc21. The first kappa shape index (κ1) is 15.3. The monoisotopic (exact) mass is 309 g/mol. The van der Waals surface area contributed by atoms with Crippen LogP contribution in [0.2, 0.25) is 0 Å². The van der Waals surface area contributed by atoms with Crippen LogP contribution >= 0.6 is 0 Å². The molecule has 1 N–H and O–H groups in total. The number of hydrogen-bond acceptors (Lipinski definition) is 3. The molecular formula is C19H19NO3. The molecule has 0 fully saturated rings. The number of ether oxygens (including phenoxy) is 1. The fourth-order valence-corrected chi connectivity index (χ4v) is 2.93. The third-order valence-corrected chi connectivity index (χ3v) is 4.05. The molecule has 1 aliphatic carbocycles. The maximum absolute atomic E-state index is 12.1. The van der Waals surface area contributed by atoms with Gasteiger partial charge in [-0.3, -0.25) is 4.79 Å². The number of aryl methyl sites for hydroxylation is 1. The predicted molar refractivity (Wildman–Crippen MR) is 87.0 cm³/mol. The van der Waals surface area contributed by atoms with E-state index in [2.05, 4.69) is 17.4 Å². The first-order chi connectivity index (χ1) is 11.2. The lowest BCUT2D eigenvalue weighted by Gasteiger charge is -2.26. The van der Waals surface area contributed by atoms with Gasteiger partial charge in [-0.05, 0) is 42.5 Å². The van der Waals surface area contributed by atoms with Gasteiger partial charge in [0.15, 0.2) is 6.61 Å². The van der Waals surface area contributed by atoms with Crippen molar-refractivity contribution < 1.29 is 14.3 Å². The third kappa shape index (κ3) is 3.77. The summed E-state index contributed by atoms with van der Waals surface area (Å²) < 4.78 is 5.07. The van der Waals surface area contributed by atoms with Crippen LogP contribution in [0, 0.1) is 0 Å².